The number of para-hydroxylation sites is 1. The van der Waals surface area contributed by atoms with E-state index in [1.54, 1.807) is 24.3 Å². The summed E-state index contributed by atoms with van der Waals surface area (Å²) in [6, 6.07) is 14.6. The van der Waals surface area contributed by atoms with Gasteiger partial charge in [-0.25, -0.2) is 4.79 Å². The lowest BCUT2D eigenvalue weighted by Gasteiger charge is -2.04. The smallest absolute Gasteiger partial charge is 0.336 e. The van der Waals surface area contributed by atoms with Crippen molar-refractivity contribution < 1.29 is 9.53 Å². The molecule has 2 aromatic rings. The van der Waals surface area contributed by atoms with Crippen molar-refractivity contribution in [3.8, 4) is 5.75 Å². The van der Waals surface area contributed by atoms with Crippen molar-refractivity contribution in [2.75, 3.05) is 0 Å². The summed E-state index contributed by atoms with van der Waals surface area (Å²) < 4.78 is 5.24. The summed E-state index contributed by atoms with van der Waals surface area (Å²) in [5.41, 5.74) is 1.82. The Morgan fingerprint density at radius 2 is 1.79 bits per heavy atom. The van der Waals surface area contributed by atoms with Crippen LogP contribution in [0, 0.1) is 6.92 Å². The molecule has 2 aromatic carbocycles. The van der Waals surface area contributed by atoms with E-state index in [4.69, 9.17) is 16.3 Å². The first-order valence-electron chi connectivity index (χ1n) is 5.86. The molecule has 0 aliphatic heterocycles. The molecule has 0 aliphatic rings. The van der Waals surface area contributed by atoms with Crippen LogP contribution in [0.4, 0.5) is 0 Å². The van der Waals surface area contributed by atoms with Crippen LogP contribution in [0.15, 0.2) is 54.6 Å². The van der Waals surface area contributed by atoms with Crippen LogP contribution in [0.25, 0.3) is 6.08 Å². The van der Waals surface area contributed by atoms with E-state index in [0.717, 1.165) is 11.1 Å². The zero-order valence-electron chi connectivity index (χ0n) is 10.5. The number of benzene rings is 2. The van der Waals surface area contributed by atoms with Crippen LogP contribution in [0.1, 0.15) is 11.1 Å². The van der Waals surface area contributed by atoms with Crippen molar-refractivity contribution >= 4 is 23.6 Å². The van der Waals surface area contributed by atoms with Crippen molar-refractivity contribution in [1.82, 2.24) is 0 Å². The van der Waals surface area contributed by atoms with E-state index >= 15 is 0 Å². The van der Waals surface area contributed by atoms with Gasteiger partial charge in [-0.1, -0.05) is 41.9 Å². The third-order valence-corrected chi connectivity index (χ3v) is 2.84. The highest BCUT2D eigenvalue weighted by molar-refractivity contribution is 6.30. The van der Waals surface area contributed by atoms with Gasteiger partial charge in [0.25, 0.3) is 0 Å². The van der Waals surface area contributed by atoms with Crippen LogP contribution >= 0.6 is 11.6 Å². The van der Waals surface area contributed by atoms with Crippen molar-refractivity contribution in [1.29, 1.82) is 0 Å². The summed E-state index contributed by atoms with van der Waals surface area (Å²) in [7, 11) is 0. The van der Waals surface area contributed by atoms with Gasteiger partial charge >= 0.3 is 5.97 Å². The van der Waals surface area contributed by atoms with Gasteiger partial charge in [-0.15, -0.1) is 0 Å². The molecule has 0 unspecified atom stereocenters. The molecular formula is C16H13ClO2. The Balaban J connectivity index is 2.02. The Morgan fingerprint density at radius 3 is 2.47 bits per heavy atom. The predicted molar refractivity (Wildman–Crippen MR) is 77.3 cm³/mol. The highest BCUT2D eigenvalue weighted by Crippen LogP contribution is 2.16. The monoisotopic (exact) mass is 272 g/mol. The summed E-state index contributed by atoms with van der Waals surface area (Å²) in [5.74, 6) is 0.178. The Morgan fingerprint density at radius 1 is 1.11 bits per heavy atom. The maximum Gasteiger partial charge on any atom is 0.336 e. The first-order chi connectivity index (χ1) is 9.15. The Hall–Kier alpha value is -2.06. The minimum Gasteiger partial charge on any atom is -0.423 e. The standard InChI is InChI=1S/C16H13ClO2/c1-12-4-2-3-5-15(12)19-16(18)11-8-13-6-9-14(17)10-7-13/h2-11H,1H3/b11-8+. The molecule has 0 radical (unpaired) electrons. The Kier molecular flexibility index (Phi) is 4.37. The molecule has 96 valence electrons. The lowest BCUT2D eigenvalue weighted by Crippen LogP contribution is -2.04. The zero-order valence-corrected chi connectivity index (χ0v) is 11.2. The second-order valence-corrected chi connectivity index (χ2v) is 4.51. The van der Waals surface area contributed by atoms with Gasteiger partial charge in [0.2, 0.25) is 0 Å². The average molecular weight is 273 g/mol. The third-order valence-electron chi connectivity index (χ3n) is 2.59. The number of hydrogen-bond acceptors (Lipinski definition) is 2. The maximum absolute atomic E-state index is 11.7. The molecule has 0 saturated carbocycles. The summed E-state index contributed by atoms with van der Waals surface area (Å²) in [6.45, 7) is 1.89. The molecule has 0 atom stereocenters. The number of carbonyl (C=O) groups excluding carboxylic acids is 1. The summed E-state index contributed by atoms with van der Waals surface area (Å²) >= 11 is 5.78. The molecule has 0 amide bonds. The van der Waals surface area contributed by atoms with Gasteiger partial charge in [0, 0.05) is 11.1 Å². The number of esters is 1. The van der Waals surface area contributed by atoms with Crippen LogP contribution < -0.4 is 4.74 Å². The van der Waals surface area contributed by atoms with E-state index in [2.05, 4.69) is 0 Å². The van der Waals surface area contributed by atoms with Gasteiger partial charge < -0.3 is 4.74 Å². The van der Waals surface area contributed by atoms with Crippen LogP contribution in [0.5, 0.6) is 5.75 Å². The topological polar surface area (TPSA) is 26.3 Å². The van der Waals surface area contributed by atoms with Crippen molar-refractivity contribution in [3.63, 3.8) is 0 Å². The third kappa shape index (κ3) is 3.97. The lowest BCUT2D eigenvalue weighted by atomic mass is 10.2. The van der Waals surface area contributed by atoms with E-state index in [1.165, 1.54) is 6.08 Å². The van der Waals surface area contributed by atoms with Gasteiger partial charge in [0.1, 0.15) is 5.75 Å². The molecule has 19 heavy (non-hydrogen) atoms. The fourth-order valence-electron chi connectivity index (χ4n) is 1.55. The van der Waals surface area contributed by atoms with Gasteiger partial charge in [-0.3, -0.25) is 0 Å². The van der Waals surface area contributed by atoms with E-state index in [1.807, 2.05) is 37.3 Å². The normalized spacial score (nSPS) is 10.6. The number of hydrogen-bond donors (Lipinski definition) is 0. The highest BCUT2D eigenvalue weighted by Gasteiger charge is 2.02. The molecule has 0 aromatic heterocycles. The van der Waals surface area contributed by atoms with Crippen molar-refractivity contribution in [3.05, 3.63) is 70.8 Å². The van der Waals surface area contributed by atoms with Crippen LogP contribution in [0.3, 0.4) is 0 Å². The molecule has 2 rings (SSSR count). The fourth-order valence-corrected chi connectivity index (χ4v) is 1.68. The second kappa shape index (κ2) is 6.21. The van der Waals surface area contributed by atoms with Crippen LogP contribution in [-0.4, -0.2) is 5.97 Å². The molecule has 0 heterocycles. The minimum atomic E-state index is -0.399. The van der Waals surface area contributed by atoms with Gasteiger partial charge in [0.05, 0.1) is 0 Å². The first kappa shape index (κ1) is 13.4. The first-order valence-corrected chi connectivity index (χ1v) is 6.24. The molecule has 0 aliphatic carbocycles. The summed E-state index contributed by atoms with van der Waals surface area (Å²) in [6.07, 6.45) is 3.09. The average Bonchev–Trinajstić information content (AvgIpc) is 2.41. The van der Waals surface area contributed by atoms with Gasteiger partial charge in [0.15, 0.2) is 0 Å². The number of aryl methyl sites for hydroxylation is 1. The molecule has 2 nitrogen and oxygen atoms in total. The van der Waals surface area contributed by atoms with E-state index in [-0.39, 0.29) is 0 Å². The highest BCUT2D eigenvalue weighted by atomic mass is 35.5. The Labute approximate surface area is 117 Å². The number of carbonyl (C=O) groups is 1. The second-order valence-electron chi connectivity index (χ2n) is 4.07. The Bertz CT molecular complexity index is 600. The fraction of sp³-hybridized carbons (Fsp3) is 0.0625. The SMILES string of the molecule is Cc1ccccc1OC(=O)/C=C/c1ccc(Cl)cc1. The molecule has 0 spiro atoms. The van der Waals surface area contributed by atoms with E-state index < -0.39 is 5.97 Å². The minimum absolute atomic E-state index is 0.399. The predicted octanol–water partition coefficient (Wildman–Crippen LogP) is 4.27. The molecule has 0 fully saturated rings. The largest absolute Gasteiger partial charge is 0.423 e. The summed E-state index contributed by atoms with van der Waals surface area (Å²) in [4.78, 5) is 11.7. The lowest BCUT2D eigenvalue weighted by molar-refractivity contribution is -0.128. The van der Waals surface area contributed by atoms with Crippen LogP contribution in [-0.2, 0) is 4.79 Å². The number of ether oxygens (including phenoxy) is 1. The molecule has 0 N–H and O–H groups in total. The number of rotatable bonds is 3. The van der Waals surface area contributed by atoms with Gasteiger partial charge in [-0.05, 0) is 42.3 Å². The molecule has 0 saturated heterocycles. The molecule has 0 bridgehead atoms. The van der Waals surface area contributed by atoms with Crippen molar-refractivity contribution in [2.24, 2.45) is 0 Å². The van der Waals surface area contributed by atoms with Crippen molar-refractivity contribution in [2.45, 2.75) is 6.92 Å². The molecule has 3 heteroatoms. The number of halogens is 1. The zero-order chi connectivity index (χ0) is 13.7. The van der Waals surface area contributed by atoms with E-state index in [0.29, 0.717) is 10.8 Å². The van der Waals surface area contributed by atoms with Crippen LogP contribution in [0.2, 0.25) is 5.02 Å². The molecular weight excluding hydrogens is 260 g/mol. The van der Waals surface area contributed by atoms with E-state index in [9.17, 15) is 4.79 Å². The quantitative estimate of drug-likeness (QED) is 0.474. The van der Waals surface area contributed by atoms with Gasteiger partial charge in [-0.2, -0.15) is 0 Å². The summed E-state index contributed by atoms with van der Waals surface area (Å²) in [5, 5.41) is 0.666. The maximum atomic E-state index is 11.7.